The molecular weight excluding hydrogens is 389 g/mol. The molecule has 0 aliphatic carbocycles. The number of hydrogen-bond donors (Lipinski definition) is 1. The maximum atomic E-state index is 12.1. The van der Waals surface area contributed by atoms with Crippen LogP contribution < -0.4 is 5.32 Å². The van der Waals surface area contributed by atoms with Crippen LogP contribution in [0.3, 0.4) is 0 Å². The van der Waals surface area contributed by atoms with Crippen molar-refractivity contribution in [3.8, 4) is 0 Å². The number of rotatable bonds is 4. The van der Waals surface area contributed by atoms with Gasteiger partial charge in [0.25, 0.3) is 0 Å². The van der Waals surface area contributed by atoms with Crippen molar-refractivity contribution in [1.82, 2.24) is 0 Å². The topological polar surface area (TPSA) is 63.2 Å². The van der Waals surface area contributed by atoms with Crippen molar-refractivity contribution >= 4 is 44.0 Å². The highest BCUT2D eigenvalue weighted by Gasteiger charge is 2.19. The number of benzene rings is 2. The average Bonchev–Trinajstić information content (AvgIpc) is 2.42. The van der Waals surface area contributed by atoms with Crippen LogP contribution >= 0.6 is 22.6 Å². The molecule has 0 fully saturated rings. The Morgan fingerprint density at radius 1 is 1.00 bits per heavy atom. The zero-order valence-corrected chi connectivity index (χ0v) is 13.4. The maximum absolute atomic E-state index is 12.1. The molecule has 0 aliphatic rings. The monoisotopic (exact) mass is 401 g/mol. The summed E-state index contributed by atoms with van der Waals surface area (Å²) in [6.45, 7) is 0. The standard InChI is InChI=1S/C14H12INO3S/c15-12-8-4-5-9-13(12)16-14(17)10-20(18,19)11-6-2-1-3-7-11/h1-9H,10H2,(H,16,17). The van der Waals surface area contributed by atoms with Gasteiger partial charge in [0, 0.05) is 3.57 Å². The Kier molecular flexibility index (Phi) is 4.77. The van der Waals surface area contributed by atoms with Crippen LogP contribution in [0.15, 0.2) is 59.5 Å². The van der Waals surface area contributed by atoms with Crippen LogP contribution in [0.1, 0.15) is 0 Å². The first-order valence-corrected chi connectivity index (χ1v) is 8.54. The van der Waals surface area contributed by atoms with Crippen LogP contribution in [-0.2, 0) is 14.6 Å². The fourth-order valence-electron chi connectivity index (χ4n) is 1.63. The Labute approximate surface area is 131 Å². The largest absolute Gasteiger partial charge is 0.324 e. The molecule has 6 heteroatoms. The maximum Gasteiger partial charge on any atom is 0.239 e. The zero-order valence-electron chi connectivity index (χ0n) is 10.4. The van der Waals surface area contributed by atoms with E-state index < -0.39 is 21.5 Å². The fourth-order valence-corrected chi connectivity index (χ4v) is 3.31. The predicted molar refractivity (Wildman–Crippen MR) is 86.3 cm³/mol. The van der Waals surface area contributed by atoms with Crippen LogP contribution in [0.2, 0.25) is 0 Å². The van der Waals surface area contributed by atoms with Crippen molar-refractivity contribution in [1.29, 1.82) is 0 Å². The summed E-state index contributed by atoms with van der Waals surface area (Å²) in [5.41, 5.74) is 0.612. The first-order valence-electron chi connectivity index (χ1n) is 5.81. The number of amides is 1. The molecule has 0 saturated heterocycles. The molecule has 0 unspecified atom stereocenters. The van der Waals surface area contributed by atoms with E-state index in [-0.39, 0.29) is 4.90 Å². The van der Waals surface area contributed by atoms with E-state index in [9.17, 15) is 13.2 Å². The third kappa shape index (κ3) is 3.80. The normalized spacial score (nSPS) is 11.1. The summed E-state index contributed by atoms with van der Waals surface area (Å²) in [6.07, 6.45) is 0. The molecule has 2 aromatic carbocycles. The fraction of sp³-hybridized carbons (Fsp3) is 0.0714. The Morgan fingerprint density at radius 3 is 2.25 bits per heavy atom. The number of para-hydroxylation sites is 1. The minimum atomic E-state index is -3.61. The van der Waals surface area contributed by atoms with Crippen molar-refractivity contribution < 1.29 is 13.2 Å². The summed E-state index contributed by atoms with van der Waals surface area (Å²) in [7, 11) is -3.61. The van der Waals surface area contributed by atoms with Crippen LogP contribution in [0.5, 0.6) is 0 Å². The first kappa shape index (κ1) is 15.0. The zero-order chi connectivity index (χ0) is 14.6. The summed E-state index contributed by atoms with van der Waals surface area (Å²) in [6, 6.07) is 15.1. The second-order valence-corrected chi connectivity index (χ2v) is 7.25. The second-order valence-electron chi connectivity index (χ2n) is 4.10. The quantitative estimate of drug-likeness (QED) is 0.802. The van der Waals surface area contributed by atoms with E-state index in [4.69, 9.17) is 0 Å². The number of carbonyl (C=O) groups is 1. The van der Waals surface area contributed by atoms with E-state index in [1.165, 1.54) is 12.1 Å². The van der Waals surface area contributed by atoms with Gasteiger partial charge in [-0.25, -0.2) is 8.42 Å². The van der Waals surface area contributed by atoms with Gasteiger partial charge < -0.3 is 5.32 Å². The molecular formula is C14H12INO3S. The average molecular weight is 401 g/mol. The van der Waals surface area contributed by atoms with E-state index in [1.807, 2.05) is 12.1 Å². The van der Waals surface area contributed by atoms with Gasteiger partial charge in [0.2, 0.25) is 5.91 Å². The third-order valence-corrected chi connectivity index (χ3v) is 5.14. The van der Waals surface area contributed by atoms with Crippen LogP contribution in [0, 0.1) is 3.57 Å². The summed E-state index contributed by atoms with van der Waals surface area (Å²) < 4.78 is 25.0. The summed E-state index contributed by atoms with van der Waals surface area (Å²) in [5.74, 6) is -1.11. The number of anilines is 1. The van der Waals surface area contributed by atoms with Crippen molar-refractivity contribution in [2.45, 2.75) is 4.90 Å². The highest BCUT2D eigenvalue weighted by molar-refractivity contribution is 14.1. The second kappa shape index (κ2) is 6.36. The molecule has 0 radical (unpaired) electrons. The number of carbonyl (C=O) groups excluding carboxylic acids is 1. The lowest BCUT2D eigenvalue weighted by Crippen LogP contribution is -2.23. The van der Waals surface area contributed by atoms with Gasteiger partial charge in [0.05, 0.1) is 10.6 Å². The van der Waals surface area contributed by atoms with Gasteiger partial charge >= 0.3 is 0 Å². The van der Waals surface area contributed by atoms with Crippen molar-refractivity contribution in [3.05, 3.63) is 58.2 Å². The molecule has 20 heavy (non-hydrogen) atoms. The van der Waals surface area contributed by atoms with E-state index in [0.29, 0.717) is 5.69 Å². The van der Waals surface area contributed by atoms with Crippen molar-refractivity contribution in [2.24, 2.45) is 0 Å². The Balaban J connectivity index is 2.11. The smallest absolute Gasteiger partial charge is 0.239 e. The molecule has 0 spiro atoms. The molecule has 2 rings (SSSR count). The summed E-state index contributed by atoms with van der Waals surface area (Å²) in [4.78, 5) is 12.0. The molecule has 0 atom stereocenters. The van der Waals surface area contributed by atoms with E-state index in [1.54, 1.807) is 30.3 Å². The van der Waals surface area contributed by atoms with E-state index in [0.717, 1.165) is 3.57 Å². The molecule has 4 nitrogen and oxygen atoms in total. The highest BCUT2D eigenvalue weighted by Crippen LogP contribution is 2.17. The van der Waals surface area contributed by atoms with Gasteiger partial charge in [-0.3, -0.25) is 4.79 Å². The highest BCUT2D eigenvalue weighted by atomic mass is 127. The molecule has 1 amide bonds. The van der Waals surface area contributed by atoms with Crippen LogP contribution in [-0.4, -0.2) is 20.1 Å². The summed E-state index contributed by atoms with van der Waals surface area (Å²) in [5, 5.41) is 2.61. The Bertz CT molecular complexity index is 714. The lowest BCUT2D eigenvalue weighted by Gasteiger charge is -2.08. The van der Waals surface area contributed by atoms with Crippen LogP contribution in [0.25, 0.3) is 0 Å². The number of nitrogens with one attached hydrogen (secondary N) is 1. The molecule has 2 aromatic rings. The Hall–Kier alpha value is -1.41. The first-order chi connectivity index (χ1) is 9.49. The third-order valence-electron chi connectivity index (χ3n) is 2.57. The molecule has 0 heterocycles. The van der Waals surface area contributed by atoms with Gasteiger partial charge in [0.1, 0.15) is 5.75 Å². The number of hydrogen-bond acceptors (Lipinski definition) is 3. The molecule has 0 saturated carbocycles. The van der Waals surface area contributed by atoms with Crippen LogP contribution in [0.4, 0.5) is 5.69 Å². The van der Waals surface area contributed by atoms with E-state index >= 15 is 0 Å². The van der Waals surface area contributed by atoms with Gasteiger partial charge in [-0.15, -0.1) is 0 Å². The molecule has 0 aliphatic heterocycles. The minimum absolute atomic E-state index is 0.151. The minimum Gasteiger partial charge on any atom is -0.324 e. The van der Waals surface area contributed by atoms with Crippen molar-refractivity contribution in [3.63, 3.8) is 0 Å². The summed E-state index contributed by atoms with van der Waals surface area (Å²) >= 11 is 2.08. The van der Waals surface area contributed by atoms with Gasteiger partial charge in [0.15, 0.2) is 9.84 Å². The van der Waals surface area contributed by atoms with Crippen molar-refractivity contribution in [2.75, 3.05) is 11.1 Å². The number of sulfone groups is 1. The van der Waals surface area contributed by atoms with Gasteiger partial charge in [-0.2, -0.15) is 0 Å². The SMILES string of the molecule is O=C(CS(=O)(=O)c1ccccc1)Nc1ccccc1I. The number of halogens is 1. The predicted octanol–water partition coefficient (Wildman–Crippen LogP) is 2.70. The van der Waals surface area contributed by atoms with Gasteiger partial charge in [-0.05, 0) is 46.9 Å². The molecule has 0 bridgehead atoms. The lowest BCUT2D eigenvalue weighted by atomic mass is 10.3. The molecule has 104 valence electrons. The van der Waals surface area contributed by atoms with Gasteiger partial charge in [-0.1, -0.05) is 30.3 Å². The molecule has 0 aromatic heterocycles. The Morgan fingerprint density at radius 2 is 1.60 bits per heavy atom. The molecule has 1 N–H and O–H groups in total. The lowest BCUT2D eigenvalue weighted by molar-refractivity contribution is -0.113. The van der Waals surface area contributed by atoms with E-state index in [2.05, 4.69) is 27.9 Å².